The zero-order valence-corrected chi connectivity index (χ0v) is 22.0. The largest absolute Gasteiger partial charge is 0.493 e. The minimum atomic E-state index is 0. The number of nitrogens with one attached hydrogen (secondary N) is 1. The van der Waals surface area contributed by atoms with Crippen molar-refractivity contribution in [3.8, 4) is 17.2 Å². The van der Waals surface area contributed by atoms with Gasteiger partial charge in [0.2, 0.25) is 5.75 Å². The van der Waals surface area contributed by atoms with Crippen LogP contribution in [0.4, 0.5) is 0 Å². The van der Waals surface area contributed by atoms with E-state index in [4.69, 9.17) is 19.2 Å². The van der Waals surface area contributed by atoms with Crippen LogP contribution in [0.3, 0.4) is 0 Å². The second-order valence-corrected chi connectivity index (χ2v) is 7.49. The monoisotopic (exact) mass is 558 g/mol. The molecule has 3 rings (SSSR count). The minimum Gasteiger partial charge on any atom is -0.493 e. The Morgan fingerprint density at radius 3 is 2.19 bits per heavy atom. The van der Waals surface area contributed by atoms with Crippen molar-refractivity contribution < 1.29 is 14.2 Å². The maximum absolute atomic E-state index is 5.49. The van der Waals surface area contributed by atoms with E-state index in [0.29, 0.717) is 23.8 Å². The summed E-state index contributed by atoms with van der Waals surface area (Å²) in [6, 6.07) is 4.04. The first-order chi connectivity index (χ1) is 15.1. The Labute approximate surface area is 207 Å². The Bertz CT molecular complexity index is 855. The van der Waals surface area contributed by atoms with Crippen molar-refractivity contribution in [2.24, 2.45) is 12.0 Å². The molecule has 178 valence electrons. The molecule has 0 atom stereocenters. The summed E-state index contributed by atoms with van der Waals surface area (Å²) >= 11 is 0. The van der Waals surface area contributed by atoms with E-state index < -0.39 is 0 Å². The summed E-state index contributed by atoms with van der Waals surface area (Å²) in [6.07, 6.45) is 3.87. The van der Waals surface area contributed by atoms with E-state index in [-0.39, 0.29) is 24.0 Å². The third kappa shape index (κ3) is 6.64. The van der Waals surface area contributed by atoms with E-state index >= 15 is 0 Å². The molecule has 0 bridgehead atoms. The summed E-state index contributed by atoms with van der Waals surface area (Å²) in [4.78, 5) is 9.56. The summed E-state index contributed by atoms with van der Waals surface area (Å²) in [7, 11) is 6.84. The molecule has 0 amide bonds. The average Bonchev–Trinajstić information content (AvgIpc) is 3.21. The van der Waals surface area contributed by atoms with Crippen LogP contribution < -0.4 is 19.5 Å². The molecule has 0 radical (unpaired) electrons. The molecule has 9 nitrogen and oxygen atoms in total. The van der Waals surface area contributed by atoms with Crippen molar-refractivity contribution in [2.75, 3.05) is 54.1 Å². The molecule has 1 aliphatic rings. The number of guanidine groups is 1. The highest BCUT2D eigenvalue weighted by molar-refractivity contribution is 14.0. The lowest BCUT2D eigenvalue weighted by Gasteiger charge is -2.36. The van der Waals surface area contributed by atoms with Crippen LogP contribution in [0, 0.1) is 0 Å². The molecule has 1 N–H and O–H groups in total. The van der Waals surface area contributed by atoms with E-state index in [9.17, 15) is 0 Å². The van der Waals surface area contributed by atoms with E-state index in [1.165, 1.54) is 0 Å². The summed E-state index contributed by atoms with van der Waals surface area (Å²) < 4.78 is 18.2. The molecule has 1 saturated heterocycles. The van der Waals surface area contributed by atoms with Gasteiger partial charge in [-0.2, -0.15) is 5.10 Å². The van der Waals surface area contributed by atoms with E-state index in [1.807, 2.05) is 31.6 Å². The van der Waals surface area contributed by atoms with Crippen LogP contribution in [-0.4, -0.2) is 79.6 Å². The van der Waals surface area contributed by atoms with Crippen LogP contribution in [0.1, 0.15) is 18.1 Å². The molecule has 0 spiro atoms. The van der Waals surface area contributed by atoms with Crippen LogP contribution in [0.2, 0.25) is 0 Å². The molecule has 32 heavy (non-hydrogen) atoms. The maximum atomic E-state index is 5.49. The van der Waals surface area contributed by atoms with Crippen LogP contribution in [0.15, 0.2) is 29.5 Å². The third-order valence-electron chi connectivity index (χ3n) is 5.31. The molecule has 1 aromatic carbocycles. The van der Waals surface area contributed by atoms with Gasteiger partial charge in [-0.05, 0) is 24.6 Å². The Morgan fingerprint density at radius 2 is 1.69 bits per heavy atom. The number of aliphatic imine (C=N–C) groups is 1. The highest BCUT2D eigenvalue weighted by Gasteiger charge is 2.21. The second kappa shape index (κ2) is 12.7. The number of halogens is 1. The standard InChI is InChI=1S/C22H34N6O3.HI/c1-6-23-22(24-13-18-14-25-26(2)15-18)28-9-7-27(8-10-28)16-17-11-19(29-3)21(31-5)20(12-17)30-4;/h11-12,14-15H,6-10,13,16H2,1-5H3,(H,23,24);1H. The van der Waals surface area contributed by atoms with Crippen molar-refractivity contribution in [1.82, 2.24) is 24.9 Å². The highest BCUT2D eigenvalue weighted by atomic mass is 127. The zero-order chi connectivity index (χ0) is 22.2. The molecule has 0 aliphatic carbocycles. The number of nitrogens with zero attached hydrogens (tertiary/aromatic N) is 5. The molecule has 1 fully saturated rings. The van der Waals surface area contributed by atoms with Gasteiger partial charge in [0, 0.05) is 58.1 Å². The Kier molecular flexibility index (Phi) is 10.4. The van der Waals surface area contributed by atoms with Crippen LogP contribution >= 0.6 is 24.0 Å². The van der Waals surface area contributed by atoms with Crippen molar-refractivity contribution >= 4 is 29.9 Å². The maximum Gasteiger partial charge on any atom is 0.203 e. The predicted octanol–water partition coefficient (Wildman–Crippen LogP) is 2.35. The lowest BCUT2D eigenvalue weighted by atomic mass is 10.1. The van der Waals surface area contributed by atoms with Crippen molar-refractivity contribution in [1.29, 1.82) is 0 Å². The number of piperazine rings is 1. The van der Waals surface area contributed by atoms with Gasteiger partial charge in [0.15, 0.2) is 17.5 Å². The zero-order valence-electron chi connectivity index (χ0n) is 19.6. The van der Waals surface area contributed by atoms with E-state index in [0.717, 1.165) is 56.4 Å². The molecule has 2 heterocycles. The third-order valence-corrected chi connectivity index (χ3v) is 5.31. The van der Waals surface area contributed by atoms with Crippen LogP contribution in [-0.2, 0) is 20.1 Å². The van der Waals surface area contributed by atoms with Gasteiger partial charge in [-0.3, -0.25) is 9.58 Å². The fraction of sp³-hybridized carbons (Fsp3) is 0.545. The summed E-state index contributed by atoms with van der Waals surface area (Å²) in [5, 5.41) is 7.64. The Morgan fingerprint density at radius 1 is 1.03 bits per heavy atom. The number of hydrogen-bond donors (Lipinski definition) is 1. The number of rotatable bonds is 8. The van der Waals surface area contributed by atoms with Gasteiger partial charge in [0.25, 0.3) is 0 Å². The fourth-order valence-corrected chi connectivity index (χ4v) is 3.75. The molecule has 1 aromatic heterocycles. The average molecular weight is 558 g/mol. The Balaban J connectivity index is 0.00000363. The van der Waals surface area contributed by atoms with Gasteiger partial charge < -0.3 is 24.4 Å². The topological polar surface area (TPSA) is 76.4 Å². The molecular weight excluding hydrogens is 523 g/mol. The molecule has 0 saturated carbocycles. The molecule has 1 aliphatic heterocycles. The number of ether oxygens (including phenoxy) is 3. The molecule has 2 aromatic rings. The second-order valence-electron chi connectivity index (χ2n) is 7.49. The molecule has 10 heteroatoms. The van der Waals surface area contributed by atoms with Gasteiger partial charge in [0.05, 0.1) is 34.1 Å². The summed E-state index contributed by atoms with van der Waals surface area (Å²) in [6.45, 7) is 8.14. The number of aromatic nitrogens is 2. The fourth-order valence-electron chi connectivity index (χ4n) is 3.75. The number of aryl methyl sites for hydroxylation is 1. The van der Waals surface area contributed by atoms with Crippen molar-refractivity contribution in [3.63, 3.8) is 0 Å². The van der Waals surface area contributed by atoms with E-state index in [1.54, 1.807) is 26.0 Å². The first-order valence-electron chi connectivity index (χ1n) is 10.6. The number of methoxy groups -OCH3 is 3. The predicted molar refractivity (Wildman–Crippen MR) is 136 cm³/mol. The first kappa shape index (κ1) is 26.0. The Hall–Kier alpha value is -2.21. The number of hydrogen-bond acceptors (Lipinski definition) is 6. The molecular formula is C22H35IN6O3. The van der Waals surface area contributed by atoms with Gasteiger partial charge in [-0.15, -0.1) is 24.0 Å². The SMILES string of the molecule is CCNC(=NCc1cnn(C)c1)N1CCN(Cc2cc(OC)c(OC)c(OC)c2)CC1.I. The smallest absolute Gasteiger partial charge is 0.203 e. The summed E-state index contributed by atoms with van der Waals surface area (Å²) in [5.41, 5.74) is 2.25. The normalized spacial score (nSPS) is 14.7. The van der Waals surface area contributed by atoms with Gasteiger partial charge in [-0.1, -0.05) is 0 Å². The van der Waals surface area contributed by atoms with Gasteiger partial charge in [0.1, 0.15) is 0 Å². The lowest BCUT2D eigenvalue weighted by molar-refractivity contribution is 0.172. The van der Waals surface area contributed by atoms with Crippen molar-refractivity contribution in [2.45, 2.75) is 20.0 Å². The first-order valence-corrected chi connectivity index (χ1v) is 10.6. The van der Waals surface area contributed by atoms with E-state index in [2.05, 4.69) is 27.1 Å². The quantitative estimate of drug-likeness (QED) is 0.303. The highest BCUT2D eigenvalue weighted by Crippen LogP contribution is 2.38. The minimum absolute atomic E-state index is 0. The molecule has 0 unspecified atom stereocenters. The van der Waals surface area contributed by atoms with Crippen LogP contribution in [0.25, 0.3) is 0 Å². The van der Waals surface area contributed by atoms with Crippen molar-refractivity contribution in [3.05, 3.63) is 35.7 Å². The summed E-state index contributed by atoms with van der Waals surface area (Å²) in [5.74, 6) is 2.96. The lowest BCUT2D eigenvalue weighted by Crippen LogP contribution is -2.52. The van der Waals surface area contributed by atoms with Gasteiger partial charge in [-0.25, -0.2) is 4.99 Å². The van der Waals surface area contributed by atoms with Crippen LogP contribution in [0.5, 0.6) is 17.2 Å². The van der Waals surface area contributed by atoms with Gasteiger partial charge >= 0.3 is 0 Å². The number of benzene rings is 1.